The van der Waals surface area contributed by atoms with Crippen LogP contribution in [0.25, 0.3) is 0 Å². The fourth-order valence-electron chi connectivity index (χ4n) is 4.40. The fourth-order valence-corrected chi connectivity index (χ4v) is 4.40. The van der Waals surface area contributed by atoms with E-state index in [0.717, 1.165) is 45.0 Å². The predicted octanol–water partition coefficient (Wildman–Crippen LogP) is 4.43. The van der Waals surface area contributed by atoms with Gasteiger partial charge in [0.25, 0.3) is 0 Å². The average Bonchev–Trinajstić information content (AvgIpc) is 2.80. The van der Waals surface area contributed by atoms with Crippen LogP contribution in [0.5, 0.6) is 5.75 Å². The first-order valence-electron chi connectivity index (χ1n) is 11.3. The molecule has 0 amide bonds. The number of hydrogen-bond acceptors (Lipinski definition) is 5. The molecule has 2 aliphatic rings. The molecule has 0 spiro atoms. The normalized spacial score (nSPS) is 18.0. The number of piperidine rings is 1. The molecule has 2 aromatic rings. The standard InChI is InChI=1S/C25H33N3O2/c1-20(2)26-15-17-28(18-16-26)23-19-22(27-13-7-4-8-14-27)11-12-24(23)30-25(29)21-9-5-3-6-10-21/h3,5-6,9-12,19-20H,4,7-8,13-18H2,1-2H3. The minimum atomic E-state index is -0.302. The van der Waals surface area contributed by atoms with Crippen molar-refractivity contribution in [3.8, 4) is 5.75 Å². The number of rotatable bonds is 5. The van der Waals surface area contributed by atoms with Gasteiger partial charge in [0, 0.05) is 51.0 Å². The molecule has 160 valence electrons. The number of ether oxygens (including phenoxy) is 1. The molecule has 0 radical (unpaired) electrons. The van der Waals surface area contributed by atoms with E-state index >= 15 is 0 Å². The third kappa shape index (κ3) is 4.78. The predicted molar refractivity (Wildman–Crippen MR) is 123 cm³/mol. The molecule has 0 unspecified atom stereocenters. The minimum absolute atomic E-state index is 0.302. The lowest BCUT2D eigenvalue weighted by molar-refractivity contribution is 0.0735. The summed E-state index contributed by atoms with van der Waals surface area (Å²) in [5.74, 6) is 0.353. The highest BCUT2D eigenvalue weighted by Crippen LogP contribution is 2.35. The number of esters is 1. The first kappa shape index (κ1) is 20.7. The molecule has 5 nitrogen and oxygen atoms in total. The monoisotopic (exact) mass is 407 g/mol. The lowest BCUT2D eigenvalue weighted by Gasteiger charge is -2.39. The smallest absolute Gasteiger partial charge is 0.343 e. The van der Waals surface area contributed by atoms with Crippen molar-refractivity contribution >= 4 is 17.3 Å². The Bertz CT molecular complexity index is 839. The number of carbonyl (C=O) groups excluding carboxylic acids is 1. The summed E-state index contributed by atoms with van der Waals surface area (Å²) in [4.78, 5) is 20.1. The van der Waals surface area contributed by atoms with Gasteiger partial charge < -0.3 is 14.5 Å². The molecule has 0 aromatic heterocycles. The van der Waals surface area contributed by atoms with Gasteiger partial charge >= 0.3 is 5.97 Å². The highest BCUT2D eigenvalue weighted by molar-refractivity contribution is 5.92. The van der Waals surface area contributed by atoms with Crippen LogP contribution in [-0.4, -0.2) is 56.2 Å². The third-order valence-corrected chi connectivity index (χ3v) is 6.26. The van der Waals surface area contributed by atoms with E-state index in [1.807, 2.05) is 24.3 Å². The molecule has 2 saturated heterocycles. The van der Waals surface area contributed by atoms with Crippen molar-refractivity contribution in [2.45, 2.75) is 39.2 Å². The molecule has 2 heterocycles. The molecule has 0 N–H and O–H groups in total. The van der Waals surface area contributed by atoms with Crippen LogP contribution in [0.15, 0.2) is 48.5 Å². The van der Waals surface area contributed by atoms with Gasteiger partial charge in [-0.1, -0.05) is 18.2 Å². The molecular formula is C25H33N3O2. The summed E-state index contributed by atoms with van der Waals surface area (Å²) in [5, 5.41) is 0. The second-order valence-electron chi connectivity index (χ2n) is 8.57. The first-order valence-corrected chi connectivity index (χ1v) is 11.3. The Balaban J connectivity index is 1.59. The van der Waals surface area contributed by atoms with Crippen LogP contribution in [-0.2, 0) is 0 Å². The van der Waals surface area contributed by atoms with Crippen LogP contribution in [0.2, 0.25) is 0 Å². The van der Waals surface area contributed by atoms with Gasteiger partial charge in [0.05, 0.1) is 11.3 Å². The molecule has 0 aliphatic carbocycles. The largest absolute Gasteiger partial charge is 0.421 e. The van der Waals surface area contributed by atoms with Crippen molar-refractivity contribution in [1.82, 2.24) is 4.90 Å². The van der Waals surface area contributed by atoms with Gasteiger partial charge in [-0.2, -0.15) is 0 Å². The first-order chi connectivity index (χ1) is 14.6. The molecule has 0 saturated carbocycles. The number of carbonyl (C=O) groups is 1. The van der Waals surface area contributed by atoms with E-state index in [1.54, 1.807) is 12.1 Å². The van der Waals surface area contributed by atoms with Crippen molar-refractivity contribution < 1.29 is 9.53 Å². The Hall–Kier alpha value is -2.53. The van der Waals surface area contributed by atoms with Crippen LogP contribution in [0.1, 0.15) is 43.5 Å². The number of nitrogens with zero attached hydrogens (tertiary/aromatic N) is 3. The fraction of sp³-hybridized carbons (Fsp3) is 0.480. The van der Waals surface area contributed by atoms with Crippen molar-refractivity contribution in [2.24, 2.45) is 0 Å². The number of anilines is 2. The van der Waals surface area contributed by atoms with Gasteiger partial charge in [-0.05, 0) is 63.4 Å². The van der Waals surface area contributed by atoms with Gasteiger partial charge in [0.2, 0.25) is 0 Å². The van der Waals surface area contributed by atoms with Gasteiger partial charge in [-0.3, -0.25) is 4.90 Å². The van der Waals surface area contributed by atoms with Crippen LogP contribution >= 0.6 is 0 Å². The quantitative estimate of drug-likeness (QED) is 0.541. The molecule has 2 aromatic carbocycles. The number of piperazine rings is 1. The van der Waals surface area contributed by atoms with E-state index in [0.29, 0.717) is 17.4 Å². The maximum atomic E-state index is 12.7. The van der Waals surface area contributed by atoms with Crippen LogP contribution < -0.4 is 14.5 Å². The number of hydrogen-bond donors (Lipinski definition) is 0. The van der Waals surface area contributed by atoms with Gasteiger partial charge in [0.15, 0.2) is 5.75 Å². The second kappa shape index (κ2) is 9.52. The summed E-state index contributed by atoms with van der Waals surface area (Å²) in [6.07, 6.45) is 3.80. The van der Waals surface area contributed by atoms with Crippen LogP contribution in [0.3, 0.4) is 0 Å². The summed E-state index contributed by atoms with van der Waals surface area (Å²) in [6, 6.07) is 16.1. The van der Waals surface area contributed by atoms with Gasteiger partial charge in [-0.25, -0.2) is 4.79 Å². The number of benzene rings is 2. The molecule has 30 heavy (non-hydrogen) atoms. The Labute approximate surface area is 180 Å². The molecule has 0 bridgehead atoms. The van der Waals surface area contributed by atoms with E-state index in [1.165, 1.54) is 24.9 Å². The maximum Gasteiger partial charge on any atom is 0.343 e. The molecule has 4 rings (SSSR count). The molecule has 5 heteroatoms. The Kier molecular flexibility index (Phi) is 6.58. The Morgan fingerprint density at radius 1 is 0.833 bits per heavy atom. The van der Waals surface area contributed by atoms with Crippen molar-refractivity contribution in [3.63, 3.8) is 0 Å². The zero-order valence-corrected chi connectivity index (χ0v) is 18.2. The van der Waals surface area contributed by atoms with E-state index in [9.17, 15) is 4.79 Å². The summed E-state index contributed by atoms with van der Waals surface area (Å²) in [7, 11) is 0. The summed E-state index contributed by atoms with van der Waals surface area (Å²) in [6.45, 7) is 10.6. The molecular weight excluding hydrogens is 374 g/mol. The summed E-state index contributed by atoms with van der Waals surface area (Å²) < 4.78 is 5.89. The third-order valence-electron chi connectivity index (χ3n) is 6.26. The SMILES string of the molecule is CC(C)N1CCN(c2cc(N3CCCCC3)ccc2OC(=O)c2ccccc2)CC1. The highest BCUT2D eigenvalue weighted by atomic mass is 16.5. The van der Waals surface area contributed by atoms with E-state index in [4.69, 9.17) is 4.74 Å². The maximum absolute atomic E-state index is 12.7. The lowest BCUT2D eigenvalue weighted by Crippen LogP contribution is -2.49. The summed E-state index contributed by atoms with van der Waals surface area (Å²) in [5.41, 5.74) is 2.84. The Morgan fingerprint density at radius 3 is 2.20 bits per heavy atom. The topological polar surface area (TPSA) is 36.0 Å². The Morgan fingerprint density at radius 2 is 1.53 bits per heavy atom. The zero-order valence-electron chi connectivity index (χ0n) is 18.2. The van der Waals surface area contributed by atoms with Crippen LogP contribution in [0, 0.1) is 0 Å². The molecule has 0 atom stereocenters. The highest BCUT2D eigenvalue weighted by Gasteiger charge is 2.24. The van der Waals surface area contributed by atoms with Gasteiger partial charge in [-0.15, -0.1) is 0 Å². The second-order valence-corrected chi connectivity index (χ2v) is 8.57. The van der Waals surface area contributed by atoms with Gasteiger partial charge in [0.1, 0.15) is 0 Å². The van der Waals surface area contributed by atoms with Crippen LogP contribution in [0.4, 0.5) is 11.4 Å². The molecule has 2 fully saturated rings. The van der Waals surface area contributed by atoms with Crippen molar-refractivity contribution in [1.29, 1.82) is 0 Å². The van der Waals surface area contributed by atoms with E-state index < -0.39 is 0 Å². The minimum Gasteiger partial charge on any atom is -0.421 e. The van der Waals surface area contributed by atoms with E-state index in [-0.39, 0.29) is 5.97 Å². The average molecular weight is 408 g/mol. The summed E-state index contributed by atoms with van der Waals surface area (Å²) >= 11 is 0. The van der Waals surface area contributed by atoms with E-state index in [2.05, 4.69) is 40.7 Å². The van der Waals surface area contributed by atoms with Crippen molar-refractivity contribution in [3.05, 3.63) is 54.1 Å². The van der Waals surface area contributed by atoms with Crippen molar-refractivity contribution in [2.75, 3.05) is 49.1 Å². The zero-order chi connectivity index (χ0) is 20.9. The molecule has 2 aliphatic heterocycles. The lowest BCUT2D eigenvalue weighted by atomic mass is 10.1.